The van der Waals surface area contributed by atoms with Crippen LogP contribution in [0.1, 0.15) is 88.5 Å². The van der Waals surface area contributed by atoms with Crippen LogP contribution in [0.3, 0.4) is 0 Å². The summed E-state index contributed by atoms with van der Waals surface area (Å²) in [4.78, 5) is 2.12. The second kappa shape index (κ2) is 18.1. The van der Waals surface area contributed by atoms with Gasteiger partial charge in [0.2, 0.25) is 11.4 Å². The Kier molecular flexibility index (Phi) is 13.4. The van der Waals surface area contributed by atoms with Crippen molar-refractivity contribution in [2.45, 2.75) is 84.0 Å². The van der Waals surface area contributed by atoms with E-state index in [0.29, 0.717) is 11.1 Å². The standard InChI is InChI=1S/C45H52N2O3S/c1-5-9-33-46(39-25-17-35(13-7-3)18-26-39)41-29-21-37(22-30-41)45(43-15-11-12-16-44(43)51(48,49)50)38-23-31-42(32-24-38)47(34-10-6-2)40-27-19-36(14-8-4)20-28-40/h11-12,15-32H,5-10,13-14,33-34H2,1-4H3. The maximum Gasteiger partial charge on any atom is 0.205 e. The van der Waals surface area contributed by atoms with Crippen LogP contribution in [0.4, 0.5) is 17.1 Å². The number of nitrogens with zero attached hydrogens (tertiary/aromatic N) is 2. The van der Waals surface area contributed by atoms with E-state index < -0.39 is 10.1 Å². The fourth-order valence-electron chi connectivity index (χ4n) is 6.69. The summed E-state index contributed by atoms with van der Waals surface area (Å²) in [6.07, 6.45) is 16.9. The van der Waals surface area contributed by atoms with Crippen molar-refractivity contribution in [3.63, 3.8) is 0 Å². The molecule has 0 N–H and O–H groups in total. The van der Waals surface area contributed by atoms with Crippen LogP contribution in [0.25, 0.3) is 5.57 Å². The van der Waals surface area contributed by atoms with Crippen LogP contribution in [0.2, 0.25) is 0 Å². The van der Waals surface area contributed by atoms with Gasteiger partial charge in [-0.15, -0.1) is 0 Å². The quantitative estimate of drug-likeness (QED) is 0.0862. The Balaban J connectivity index is 1.59. The Morgan fingerprint density at radius 1 is 0.647 bits per heavy atom. The largest absolute Gasteiger partial charge is 0.744 e. The molecule has 0 amide bonds. The van der Waals surface area contributed by atoms with E-state index in [1.807, 2.05) is 24.3 Å². The highest BCUT2D eigenvalue weighted by atomic mass is 32.2. The molecule has 0 radical (unpaired) electrons. The average Bonchev–Trinajstić information content (AvgIpc) is 3.14. The van der Waals surface area contributed by atoms with Crippen molar-refractivity contribution < 1.29 is 17.5 Å². The summed E-state index contributed by atoms with van der Waals surface area (Å²) in [5, 5.41) is 0. The predicted molar refractivity (Wildman–Crippen MR) is 213 cm³/mol. The van der Waals surface area contributed by atoms with Gasteiger partial charge in [-0.3, -0.25) is 0 Å². The molecule has 0 atom stereocenters. The molecule has 6 heteroatoms. The lowest BCUT2D eigenvalue weighted by atomic mass is 9.90. The van der Waals surface area contributed by atoms with Crippen LogP contribution < -0.4 is 4.90 Å². The Morgan fingerprint density at radius 3 is 1.75 bits per heavy atom. The zero-order valence-electron chi connectivity index (χ0n) is 30.6. The lowest BCUT2D eigenvalue weighted by molar-refractivity contribution is -0.439. The molecule has 0 saturated heterocycles. The van der Waals surface area contributed by atoms with Crippen LogP contribution in [-0.2, 0) is 23.0 Å². The second-order valence-corrected chi connectivity index (χ2v) is 14.6. The van der Waals surface area contributed by atoms with Gasteiger partial charge >= 0.3 is 0 Å². The van der Waals surface area contributed by atoms with Gasteiger partial charge in [-0.05, 0) is 89.6 Å². The highest BCUT2D eigenvalue weighted by Gasteiger charge is 2.21. The summed E-state index contributed by atoms with van der Waals surface area (Å²) >= 11 is 0. The number of aryl methyl sites for hydroxylation is 2. The molecule has 266 valence electrons. The van der Waals surface area contributed by atoms with Gasteiger partial charge in [-0.1, -0.05) is 108 Å². The molecule has 0 aliphatic heterocycles. The first kappa shape index (κ1) is 37.7. The van der Waals surface area contributed by atoms with Crippen molar-refractivity contribution >= 4 is 38.5 Å². The molecular weight excluding hydrogens is 649 g/mol. The number of anilines is 2. The summed E-state index contributed by atoms with van der Waals surface area (Å²) in [5.41, 5.74) is 9.87. The molecule has 0 aromatic heterocycles. The van der Waals surface area contributed by atoms with E-state index in [9.17, 15) is 13.0 Å². The molecule has 4 aromatic rings. The van der Waals surface area contributed by atoms with E-state index in [4.69, 9.17) is 0 Å². The van der Waals surface area contributed by atoms with Gasteiger partial charge < -0.3 is 9.45 Å². The van der Waals surface area contributed by atoms with Crippen LogP contribution in [0, 0.1) is 0 Å². The maximum atomic E-state index is 12.6. The first-order valence-corrected chi connectivity index (χ1v) is 20.0. The van der Waals surface area contributed by atoms with Gasteiger partial charge in [0.25, 0.3) is 0 Å². The van der Waals surface area contributed by atoms with E-state index in [-0.39, 0.29) is 4.90 Å². The summed E-state index contributed by atoms with van der Waals surface area (Å²) in [6, 6.07) is 32.5. The Hall–Kier alpha value is -4.52. The molecule has 0 bridgehead atoms. The zero-order chi connectivity index (χ0) is 36.2. The molecule has 5 nitrogen and oxygen atoms in total. The predicted octanol–water partition coefficient (Wildman–Crippen LogP) is 10.9. The van der Waals surface area contributed by atoms with E-state index in [1.165, 1.54) is 17.2 Å². The topological polar surface area (TPSA) is 63.5 Å². The van der Waals surface area contributed by atoms with E-state index in [2.05, 4.69) is 110 Å². The third kappa shape index (κ3) is 9.63. The molecule has 4 aromatic carbocycles. The molecule has 5 rings (SSSR count). The minimum absolute atomic E-state index is 0.221. The first-order valence-electron chi connectivity index (χ1n) is 18.6. The van der Waals surface area contributed by atoms with Crippen molar-refractivity contribution in [1.82, 2.24) is 0 Å². The van der Waals surface area contributed by atoms with Crippen LogP contribution in [-0.4, -0.2) is 36.3 Å². The van der Waals surface area contributed by atoms with Gasteiger partial charge in [-0.25, -0.2) is 8.42 Å². The van der Waals surface area contributed by atoms with Crippen LogP contribution in [0.5, 0.6) is 0 Å². The Bertz CT molecular complexity index is 1970. The van der Waals surface area contributed by atoms with Crippen molar-refractivity contribution in [2.75, 3.05) is 18.0 Å². The van der Waals surface area contributed by atoms with Gasteiger partial charge in [0.1, 0.15) is 16.7 Å². The molecule has 0 fully saturated rings. The fraction of sp³-hybridized carbons (Fsp3) is 0.311. The Morgan fingerprint density at radius 2 is 1.20 bits per heavy atom. The fourth-order valence-corrected chi connectivity index (χ4v) is 7.38. The molecular formula is C45H52N2O3S. The van der Waals surface area contributed by atoms with Gasteiger partial charge in [0.15, 0.2) is 0 Å². The Labute approximate surface area is 306 Å². The summed E-state index contributed by atoms with van der Waals surface area (Å²) < 4.78 is 40.0. The van der Waals surface area contributed by atoms with Crippen molar-refractivity contribution in [1.29, 1.82) is 0 Å². The highest BCUT2D eigenvalue weighted by Crippen LogP contribution is 2.36. The second-order valence-electron chi connectivity index (χ2n) is 13.3. The minimum atomic E-state index is -4.73. The lowest BCUT2D eigenvalue weighted by Crippen LogP contribution is -2.18. The summed E-state index contributed by atoms with van der Waals surface area (Å²) in [7, 11) is -4.73. The van der Waals surface area contributed by atoms with E-state index >= 15 is 0 Å². The van der Waals surface area contributed by atoms with Crippen molar-refractivity contribution in [3.8, 4) is 0 Å². The number of benzene rings is 4. The lowest BCUT2D eigenvalue weighted by Gasteiger charge is -2.26. The summed E-state index contributed by atoms with van der Waals surface area (Å²) in [5.74, 6) is 0. The third-order valence-corrected chi connectivity index (χ3v) is 10.3. The smallest absolute Gasteiger partial charge is 0.205 e. The monoisotopic (exact) mass is 700 g/mol. The SMILES string of the molecule is CCCCN(c1ccc(CCC)cc1)c1ccc(C(=C2C=CC(=[N+](CCCC)c3ccc(CCC)cc3)C=C2)c2ccccc2S(=O)(=O)[O-])cc1. The number of hydrogen-bond acceptors (Lipinski definition) is 4. The zero-order valence-corrected chi connectivity index (χ0v) is 31.5. The molecule has 1 aliphatic carbocycles. The summed E-state index contributed by atoms with van der Waals surface area (Å²) in [6.45, 7) is 10.6. The van der Waals surface area contributed by atoms with Gasteiger partial charge in [0.05, 0.1) is 4.90 Å². The molecule has 0 unspecified atom stereocenters. The number of allylic oxidation sites excluding steroid dienone is 5. The average molecular weight is 701 g/mol. The molecule has 0 saturated carbocycles. The van der Waals surface area contributed by atoms with Gasteiger partial charge in [0, 0.05) is 54.2 Å². The number of hydrogen-bond donors (Lipinski definition) is 0. The third-order valence-electron chi connectivity index (χ3n) is 9.40. The molecule has 1 aliphatic rings. The van der Waals surface area contributed by atoms with E-state index in [0.717, 1.165) is 98.4 Å². The van der Waals surface area contributed by atoms with Crippen LogP contribution >= 0.6 is 0 Å². The highest BCUT2D eigenvalue weighted by molar-refractivity contribution is 7.85. The first-order chi connectivity index (χ1) is 24.8. The number of rotatable bonds is 16. The molecule has 0 spiro atoms. The maximum absolute atomic E-state index is 12.6. The number of unbranched alkanes of at least 4 members (excludes halogenated alkanes) is 2. The molecule has 0 heterocycles. The van der Waals surface area contributed by atoms with Crippen molar-refractivity contribution in [2.24, 2.45) is 0 Å². The van der Waals surface area contributed by atoms with Crippen molar-refractivity contribution in [3.05, 3.63) is 149 Å². The van der Waals surface area contributed by atoms with Crippen LogP contribution in [0.15, 0.2) is 132 Å². The normalized spacial score (nSPS) is 12.7. The molecule has 51 heavy (non-hydrogen) atoms. The van der Waals surface area contributed by atoms with Gasteiger partial charge in [-0.2, -0.15) is 4.58 Å². The van der Waals surface area contributed by atoms with E-state index in [1.54, 1.807) is 18.2 Å². The minimum Gasteiger partial charge on any atom is -0.744 e.